The minimum Gasteiger partial charge on any atom is -0.504 e. The number of nitrogens with zero attached hydrogens (tertiary/aromatic N) is 1. The minimum absolute atomic E-state index is 0.0101. The molecule has 0 bridgehead atoms. The molecule has 5 atom stereocenters. The number of nitrogen functional groups attached to an aromatic ring is 1. The van der Waals surface area contributed by atoms with Crippen molar-refractivity contribution in [1.29, 1.82) is 0 Å². The molecule has 63 heavy (non-hydrogen) atoms. The van der Waals surface area contributed by atoms with Crippen LogP contribution in [0.15, 0.2) is 97.2 Å². The van der Waals surface area contributed by atoms with Crippen molar-refractivity contribution in [3.05, 3.63) is 136 Å². The lowest BCUT2D eigenvalue weighted by molar-refractivity contribution is -0.124. The average Bonchev–Trinajstić information content (AvgIpc) is 3.76. The number of piperidine rings is 1. The third-order valence-electron chi connectivity index (χ3n) is 15.0. The number of nitrogens with two attached hydrogens (primary N) is 1. The van der Waals surface area contributed by atoms with Crippen molar-refractivity contribution in [2.45, 2.75) is 109 Å². The normalized spacial score (nSPS) is 22.7. The van der Waals surface area contributed by atoms with Gasteiger partial charge >= 0.3 is 0 Å². The maximum absolute atomic E-state index is 13.4. The zero-order valence-electron chi connectivity index (χ0n) is 37.3. The minimum atomic E-state index is -0.212. The molecular weight excluding hydrogens is 781 g/mol. The largest absolute Gasteiger partial charge is 0.504 e. The molecule has 2 aliphatic heterocycles. The van der Waals surface area contributed by atoms with E-state index in [1.807, 2.05) is 12.3 Å². The second kappa shape index (κ2) is 21.1. The zero-order valence-corrected chi connectivity index (χ0v) is 37.3. The summed E-state index contributed by atoms with van der Waals surface area (Å²) in [5.74, 6) is 3.45. The predicted octanol–water partition coefficient (Wildman–Crippen LogP) is 9.59. The number of aryl methyl sites for hydroxylation is 4. The molecule has 0 spiro atoms. The maximum Gasteiger partial charge on any atom is 0.163 e. The Labute approximate surface area is 375 Å². The lowest BCUT2D eigenvalue weighted by Crippen LogP contribution is -2.56. The van der Waals surface area contributed by atoms with Crippen LogP contribution in [0, 0.1) is 29.1 Å². The van der Waals surface area contributed by atoms with Crippen LogP contribution in [0.1, 0.15) is 110 Å². The number of carbonyl (C=O) groups is 2. The summed E-state index contributed by atoms with van der Waals surface area (Å²) >= 11 is 0. The summed E-state index contributed by atoms with van der Waals surface area (Å²) in [7, 11) is 1.51. The Morgan fingerprint density at radius 1 is 0.937 bits per heavy atom. The number of allylic oxidation sites excluding steroid dienone is 1. The molecule has 3 aromatic carbocycles. The number of phenols is 1. The number of hydrogen-bond donors (Lipinski definition) is 4. The van der Waals surface area contributed by atoms with Crippen LogP contribution in [0.5, 0.6) is 11.5 Å². The lowest BCUT2D eigenvalue weighted by Gasteiger charge is -2.52. The number of phenolic OH excluding ortho intramolecular Hbond substituents is 1. The molecule has 2 saturated carbocycles. The van der Waals surface area contributed by atoms with Gasteiger partial charge in [0.2, 0.25) is 0 Å². The summed E-state index contributed by atoms with van der Waals surface area (Å²) in [6.45, 7) is 3.26. The SMILES string of the molecule is COc1cc(/C=C/C(=O)CC(=O)CCCC2(C[C@@H]3[C@H]4CCNC[C@H]4C[C@@H]4C=CCN[C@@H]34)CCCC2)c(Cc2cnc(N)cc2CCc2cccc(CCc3ccccc3)c2)cc1O. The first kappa shape index (κ1) is 44.6. The Balaban J connectivity index is 0.881. The van der Waals surface area contributed by atoms with Gasteiger partial charge in [-0.25, -0.2) is 4.98 Å². The van der Waals surface area contributed by atoms with Crippen LogP contribution in [-0.2, 0) is 41.7 Å². The smallest absolute Gasteiger partial charge is 0.163 e. The van der Waals surface area contributed by atoms with Crippen molar-refractivity contribution in [2.24, 2.45) is 29.1 Å². The molecule has 8 nitrogen and oxygen atoms in total. The van der Waals surface area contributed by atoms with Gasteiger partial charge in [0.1, 0.15) is 11.6 Å². The molecule has 1 saturated heterocycles. The molecule has 0 unspecified atom stereocenters. The second-order valence-corrected chi connectivity index (χ2v) is 19.2. The quantitative estimate of drug-likeness (QED) is 0.0418. The van der Waals surface area contributed by atoms with Gasteiger partial charge in [-0.15, -0.1) is 0 Å². The second-order valence-electron chi connectivity index (χ2n) is 19.2. The van der Waals surface area contributed by atoms with Gasteiger partial charge in [-0.05, 0) is 182 Å². The fourth-order valence-corrected chi connectivity index (χ4v) is 11.8. The van der Waals surface area contributed by atoms with Crippen LogP contribution in [0.2, 0.25) is 0 Å². The van der Waals surface area contributed by atoms with E-state index in [0.29, 0.717) is 47.7 Å². The van der Waals surface area contributed by atoms with Crippen molar-refractivity contribution >= 4 is 23.5 Å². The first-order valence-corrected chi connectivity index (χ1v) is 23.8. The van der Waals surface area contributed by atoms with Gasteiger partial charge in [-0.2, -0.15) is 0 Å². The number of aromatic nitrogens is 1. The monoisotopic (exact) mass is 849 g/mol. The highest BCUT2D eigenvalue weighted by atomic mass is 16.5. The number of ketones is 2. The molecule has 8 heteroatoms. The fraction of sp³-hybridized carbons (Fsp3) is 0.473. The number of fused-ring (bicyclic) bond motifs is 2. The standard InChI is InChI=1S/C55H68N4O4/c1-63-52-32-41(44(31-51(52)62)30-45-37-59-53(56)33-42(45)19-18-40-13-7-12-39(28-40)17-16-38-10-3-2-4-11-38)20-21-48(61)34-47(60)15-8-25-55(23-5-6-24-55)35-50-49-22-27-57-36-46(49)29-43-14-9-26-58-54(43)50/h2-4,7,9-14,20-21,28,31-33,37,43,46,49-50,54,57-58,62H,5-6,8,15-19,22-27,29-30,34-36H2,1H3,(H2,56,59)/b21-20+/t43-,46+,49-,50+,54+/m0/s1. The van der Waals surface area contributed by atoms with Crippen molar-refractivity contribution in [3.8, 4) is 11.5 Å². The van der Waals surface area contributed by atoms with Gasteiger partial charge in [-0.3, -0.25) is 9.59 Å². The molecule has 3 fully saturated rings. The van der Waals surface area contributed by atoms with Gasteiger partial charge in [0, 0.05) is 25.2 Å². The summed E-state index contributed by atoms with van der Waals surface area (Å²) < 4.78 is 5.47. The topological polar surface area (TPSA) is 127 Å². The van der Waals surface area contributed by atoms with Gasteiger partial charge in [0.15, 0.2) is 17.3 Å². The Bertz CT molecular complexity index is 2240. The first-order chi connectivity index (χ1) is 30.7. The molecule has 3 heterocycles. The van der Waals surface area contributed by atoms with Gasteiger partial charge in [0.05, 0.1) is 13.5 Å². The number of aromatic hydroxyl groups is 1. The maximum atomic E-state index is 13.4. The summed E-state index contributed by atoms with van der Waals surface area (Å²) in [5, 5.41) is 18.5. The number of nitrogens with one attached hydrogen (secondary N) is 2. The van der Waals surface area contributed by atoms with E-state index in [9.17, 15) is 14.7 Å². The average molecular weight is 849 g/mol. The van der Waals surface area contributed by atoms with Gasteiger partial charge in [0.25, 0.3) is 0 Å². The molecule has 5 N–H and O–H groups in total. The lowest BCUT2D eigenvalue weighted by atomic mass is 9.57. The molecule has 4 aromatic rings. The number of carbonyl (C=O) groups excluding carboxylic acids is 2. The first-order valence-electron chi connectivity index (χ1n) is 23.8. The summed E-state index contributed by atoms with van der Waals surface area (Å²) in [5.41, 5.74) is 14.1. The molecule has 332 valence electrons. The van der Waals surface area contributed by atoms with Crippen molar-refractivity contribution < 1.29 is 19.4 Å². The highest BCUT2D eigenvalue weighted by Gasteiger charge is 2.48. The molecule has 0 amide bonds. The van der Waals surface area contributed by atoms with Crippen LogP contribution in [0.3, 0.4) is 0 Å². The van der Waals surface area contributed by atoms with Crippen LogP contribution in [0.25, 0.3) is 6.08 Å². The van der Waals surface area contributed by atoms with Gasteiger partial charge in [-0.1, -0.05) is 85.7 Å². The Hall–Kier alpha value is -5.05. The number of rotatable bonds is 19. The number of benzene rings is 3. The van der Waals surface area contributed by atoms with E-state index in [-0.39, 0.29) is 23.7 Å². The summed E-state index contributed by atoms with van der Waals surface area (Å²) in [6.07, 6.45) is 25.2. The molecule has 0 radical (unpaired) electrons. The Morgan fingerprint density at radius 3 is 2.52 bits per heavy atom. The number of Topliss-reactive ketones (excluding diaryl/α,β-unsaturated/α-hetero) is 1. The Morgan fingerprint density at radius 2 is 1.71 bits per heavy atom. The number of anilines is 1. The molecule has 1 aromatic heterocycles. The van der Waals surface area contributed by atoms with E-state index in [1.54, 1.807) is 18.2 Å². The van der Waals surface area contributed by atoms with Crippen molar-refractivity contribution in [3.63, 3.8) is 0 Å². The number of hydrogen-bond acceptors (Lipinski definition) is 8. The third kappa shape index (κ3) is 11.6. The molecule has 4 aliphatic rings. The highest BCUT2D eigenvalue weighted by molar-refractivity contribution is 6.06. The van der Waals surface area contributed by atoms with Crippen LogP contribution < -0.4 is 21.1 Å². The van der Waals surface area contributed by atoms with E-state index in [0.717, 1.165) is 92.2 Å². The summed E-state index contributed by atoms with van der Waals surface area (Å²) in [4.78, 5) is 31.1. The fourth-order valence-electron chi connectivity index (χ4n) is 11.8. The zero-order chi connectivity index (χ0) is 43.6. The molecular formula is C55H68N4O4. The van der Waals surface area contributed by atoms with Gasteiger partial charge < -0.3 is 26.2 Å². The predicted molar refractivity (Wildman–Crippen MR) is 254 cm³/mol. The van der Waals surface area contributed by atoms with E-state index < -0.39 is 0 Å². The third-order valence-corrected chi connectivity index (χ3v) is 15.0. The van der Waals surface area contributed by atoms with Crippen molar-refractivity contribution in [1.82, 2.24) is 15.6 Å². The summed E-state index contributed by atoms with van der Waals surface area (Å²) in [6, 6.07) is 25.4. The number of pyridine rings is 1. The van der Waals surface area contributed by atoms with Crippen LogP contribution in [0.4, 0.5) is 5.82 Å². The Kier molecular flexibility index (Phi) is 14.9. The number of ether oxygens (including phenoxy) is 1. The van der Waals surface area contributed by atoms with Crippen LogP contribution in [-0.4, -0.2) is 54.4 Å². The van der Waals surface area contributed by atoms with Crippen molar-refractivity contribution in [2.75, 3.05) is 32.5 Å². The van der Waals surface area contributed by atoms with E-state index in [4.69, 9.17) is 10.5 Å². The number of methoxy groups -OCH3 is 1. The van der Waals surface area contributed by atoms with E-state index in [1.165, 1.54) is 74.8 Å². The molecule has 2 aliphatic carbocycles. The molecule has 8 rings (SSSR count). The van der Waals surface area contributed by atoms with E-state index >= 15 is 0 Å². The van der Waals surface area contributed by atoms with E-state index in [2.05, 4.69) is 82.4 Å². The highest BCUT2D eigenvalue weighted by Crippen LogP contribution is 2.53. The van der Waals surface area contributed by atoms with Crippen LogP contribution >= 0.6 is 0 Å².